The molecule has 0 saturated heterocycles. The smallest absolute Gasteiger partial charge is 0.306 e. The average Bonchev–Trinajstić information content (AvgIpc) is 3.16. The van der Waals surface area contributed by atoms with Gasteiger partial charge in [-0.2, -0.15) is 0 Å². The van der Waals surface area contributed by atoms with Gasteiger partial charge in [0.15, 0.2) is 5.78 Å². The van der Waals surface area contributed by atoms with E-state index in [0.717, 1.165) is 4.90 Å². The zero-order valence-electron chi connectivity index (χ0n) is 21.6. The molecule has 1 aliphatic rings. The first kappa shape index (κ1) is 32.1. The number of carbonyl (C=O) groups is 6. The van der Waals surface area contributed by atoms with Crippen LogP contribution >= 0.6 is 0 Å². The maximum absolute atomic E-state index is 11.9. The molecular formula is C25H38N2O10. The number of aliphatic carboxylic acids is 1. The van der Waals surface area contributed by atoms with Crippen LogP contribution in [-0.4, -0.2) is 97.5 Å². The summed E-state index contributed by atoms with van der Waals surface area (Å²) in [5.74, 6) is -3.17. The Balaban J connectivity index is 1.90. The van der Waals surface area contributed by atoms with E-state index in [2.05, 4.69) is 5.32 Å². The Morgan fingerprint density at radius 1 is 0.838 bits per heavy atom. The van der Waals surface area contributed by atoms with E-state index in [4.69, 9.17) is 19.3 Å². The number of carbonyl (C=O) groups excluding carboxylic acids is 5. The van der Waals surface area contributed by atoms with Gasteiger partial charge >= 0.3 is 5.97 Å². The molecule has 0 aromatic heterocycles. The molecule has 0 aliphatic carbocycles. The summed E-state index contributed by atoms with van der Waals surface area (Å²) in [5, 5.41) is 11.4. The number of hydrogen-bond donors (Lipinski definition) is 2. The Bertz CT molecular complexity index is 808. The van der Waals surface area contributed by atoms with Crippen LogP contribution in [0.25, 0.3) is 0 Å². The van der Waals surface area contributed by atoms with Crippen molar-refractivity contribution in [1.82, 2.24) is 10.2 Å². The largest absolute Gasteiger partial charge is 0.481 e. The number of hydrogen-bond acceptors (Lipinski definition) is 9. The predicted octanol–water partition coefficient (Wildman–Crippen LogP) is 0.665. The standard InChI is InChI=1S/C25H38N2O10/c1-18(25(33)34)17-21(29)19(2)26-22(30)9-12-36-14-16-37-15-13-35-11-4-6-20(28)5-3-10-27-23(31)7-8-24(27)32/h7-8,18-19H,3-6,9-17H2,1-2H3,(H,26,30)(H,33,34)/t18-,19+/m1/s1. The molecule has 2 atom stereocenters. The van der Waals surface area contributed by atoms with Crippen molar-refractivity contribution in [3.05, 3.63) is 12.2 Å². The number of ether oxygens (including phenoxy) is 3. The first-order valence-electron chi connectivity index (χ1n) is 12.4. The molecule has 0 saturated carbocycles. The molecule has 12 nitrogen and oxygen atoms in total. The highest BCUT2D eigenvalue weighted by Gasteiger charge is 2.23. The van der Waals surface area contributed by atoms with Gasteiger partial charge in [-0.15, -0.1) is 0 Å². The van der Waals surface area contributed by atoms with E-state index in [1.165, 1.54) is 26.0 Å². The lowest BCUT2D eigenvalue weighted by atomic mass is 10.0. The number of carboxylic acid groups (broad SMARTS) is 1. The Morgan fingerprint density at radius 2 is 1.38 bits per heavy atom. The van der Waals surface area contributed by atoms with Gasteiger partial charge in [-0.25, -0.2) is 0 Å². The molecule has 208 valence electrons. The molecule has 0 spiro atoms. The third-order valence-electron chi connectivity index (χ3n) is 5.49. The normalized spacial score (nSPS) is 14.6. The van der Waals surface area contributed by atoms with E-state index in [9.17, 15) is 28.8 Å². The molecule has 12 heteroatoms. The molecule has 0 fully saturated rings. The lowest BCUT2D eigenvalue weighted by Crippen LogP contribution is -2.39. The Hall–Kier alpha value is -2.96. The van der Waals surface area contributed by atoms with E-state index in [-0.39, 0.29) is 61.9 Å². The van der Waals surface area contributed by atoms with Crippen LogP contribution in [0.4, 0.5) is 0 Å². The van der Waals surface area contributed by atoms with Crippen LogP contribution < -0.4 is 5.32 Å². The molecule has 1 aliphatic heterocycles. The van der Waals surface area contributed by atoms with Crippen LogP contribution in [0.3, 0.4) is 0 Å². The zero-order valence-corrected chi connectivity index (χ0v) is 21.6. The van der Waals surface area contributed by atoms with Gasteiger partial charge in [0.1, 0.15) is 5.78 Å². The zero-order chi connectivity index (χ0) is 27.6. The summed E-state index contributed by atoms with van der Waals surface area (Å²) in [4.78, 5) is 70.4. The van der Waals surface area contributed by atoms with E-state index in [1.807, 2.05) is 0 Å². The molecule has 1 rings (SSSR count). The second-order valence-electron chi connectivity index (χ2n) is 8.69. The maximum atomic E-state index is 11.9. The Labute approximate surface area is 216 Å². The van der Waals surface area contributed by atoms with Crippen molar-refractivity contribution in [3.63, 3.8) is 0 Å². The minimum absolute atomic E-state index is 0.0616. The molecular weight excluding hydrogens is 488 g/mol. The van der Waals surface area contributed by atoms with Crippen LogP contribution in [-0.2, 0) is 43.0 Å². The summed E-state index contributed by atoms with van der Waals surface area (Å²) < 4.78 is 16.1. The minimum Gasteiger partial charge on any atom is -0.481 e. The second kappa shape index (κ2) is 18.3. The maximum Gasteiger partial charge on any atom is 0.306 e. The van der Waals surface area contributed by atoms with Crippen molar-refractivity contribution in [3.8, 4) is 0 Å². The van der Waals surface area contributed by atoms with Crippen LogP contribution in [0.1, 0.15) is 52.4 Å². The predicted molar refractivity (Wildman–Crippen MR) is 130 cm³/mol. The Morgan fingerprint density at radius 3 is 1.97 bits per heavy atom. The number of nitrogens with zero attached hydrogens (tertiary/aromatic N) is 1. The third kappa shape index (κ3) is 14.4. The molecule has 0 unspecified atom stereocenters. The van der Waals surface area contributed by atoms with E-state index in [0.29, 0.717) is 52.1 Å². The number of carboxylic acids is 1. The molecule has 37 heavy (non-hydrogen) atoms. The highest BCUT2D eigenvalue weighted by molar-refractivity contribution is 6.12. The molecule has 0 aromatic rings. The molecule has 0 aromatic carbocycles. The molecule has 0 radical (unpaired) electrons. The lowest BCUT2D eigenvalue weighted by molar-refractivity contribution is -0.143. The fourth-order valence-corrected chi connectivity index (χ4v) is 3.25. The topological polar surface area (TPSA) is 166 Å². The van der Waals surface area contributed by atoms with Gasteiger partial charge in [0.2, 0.25) is 5.91 Å². The van der Waals surface area contributed by atoms with Crippen molar-refractivity contribution in [1.29, 1.82) is 0 Å². The lowest BCUT2D eigenvalue weighted by Gasteiger charge is -2.14. The monoisotopic (exact) mass is 526 g/mol. The Kier molecular flexibility index (Phi) is 15.9. The number of ketones is 2. The summed E-state index contributed by atoms with van der Waals surface area (Å²) in [5.41, 5.74) is 0. The van der Waals surface area contributed by atoms with E-state index >= 15 is 0 Å². The SMILES string of the molecule is C[C@H](CC(=O)[C@H](C)NC(=O)CCOCCOCCOCCCC(=O)CCCN1C(=O)C=CC1=O)C(=O)O. The summed E-state index contributed by atoms with van der Waals surface area (Å²) in [6.07, 6.45) is 4.09. The minimum atomic E-state index is -1.06. The first-order valence-corrected chi connectivity index (χ1v) is 12.4. The van der Waals surface area contributed by atoms with Crippen molar-refractivity contribution in [2.75, 3.05) is 46.2 Å². The van der Waals surface area contributed by atoms with Gasteiger partial charge in [0.05, 0.1) is 45.0 Å². The van der Waals surface area contributed by atoms with Gasteiger partial charge in [0, 0.05) is 51.0 Å². The van der Waals surface area contributed by atoms with Crippen molar-refractivity contribution in [2.45, 2.75) is 58.4 Å². The average molecular weight is 527 g/mol. The van der Waals surface area contributed by atoms with Gasteiger partial charge in [-0.05, 0) is 19.8 Å². The molecule has 2 N–H and O–H groups in total. The van der Waals surface area contributed by atoms with Crippen molar-refractivity contribution >= 4 is 35.3 Å². The molecule has 1 heterocycles. The number of amides is 3. The highest BCUT2D eigenvalue weighted by Crippen LogP contribution is 2.07. The van der Waals surface area contributed by atoms with Crippen LogP contribution in [0.5, 0.6) is 0 Å². The van der Waals surface area contributed by atoms with Crippen LogP contribution in [0.2, 0.25) is 0 Å². The van der Waals surface area contributed by atoms with Gasteiger partial charge in [-0.3, -0.25) is 33.7 Å². The summed E-state index contributed by atoms with van der Waals surface area (Å²) >= 11 is 0. The van der Waals surface area contributed by atoms with Gasteiger partial charge in [-0.1, -0.05) is 6.92 Å². The van der Waals surface area contributed by atoms with E-state index in [1.54, 1.807) is 0 Å². The highest BCUT2D eigenvalue weighted by atomic mass is 16.5. The van der Waals surface area contributed by atoms with Crippen LogP contribution in [0.15, 0.2) is 12.2 Å². The van der Waals surface area contributed by atoms with Crippen LogP contribution in [0, 0.1) is 5.92 Å². The van der Waals surface area contributed by atoms with Crippen molar-refractivity contribution in [2.24, 2.45) is 5.92 Å². The van der Waals surface area contributed by atoms with E-state index < -0.39 is 17.9 Å². The summed E-state index contributed by atoms with van der Waals surface area (Å²) in [6, 6.07) is -0.757. The third-order valence-corrected chi connectivity index (χ3v) is 5.49. The second-order valence-corrected chi connectivity index (χ2v) is 8.69. The number of rotatable bonds is 22. The van der Waals surface area contributed by atoms with Gasteiger partial charge in [0.25, 0.3) is 11.8 Å². The van der Waals surface area contributed by atoms with Crippen molar-refractivity contribution < 1.29 is 48.1 Å². The number of Topliss-reactive ketones (excluding diaryl/α,β-unsaturated/α-hetero) is 2. The summed E-state index contributed by atoms with van der Waals surface area (Å²) in [7, 11) is 0. The quantitative estimate of drug-likeness (QED) is 0.151. The fourth-order valence-electron chi connectivity index (χ4n) is 3.25. The molecule has 0 bridgehead atoms. The van der Waals surface area contributed by atoms with Gasteiger partial charge < -0.3 is 24.6 Å². The number of nitrogens with one attached hydrogen (secondary N) is 1. The number of imide groups is 1. The first-order chi connectivity index (χ1) is 17.6. The molecule has 3 amide bonds. The summed E-state index contributed by atoms with van der Waals surface area (Å²) in [6.45, 7) is 5.13. The fraction of sp³-hybridized carbons (Fsp3) is 0.680.